The number of rotatable bonds is 6. The molecule has 1 aromatic carbocycles. The lowest BCUT2D eigenvalue weighted by molar-refractivity contribution is -0.129. The molecule has 0 aliphatic heterocycles. The first-order valence-corrected chi connectivity index (χ1v) is 6.62. The Bertz CT molecular complexity index is 420. The van der Waals surface area contributed by atoms with Crippen molar-refractivity contribution >= 4 is 34.7 Å². The number of halogens is 1. The van der Waals surface area contributed by atoms with Gasteiger partial charge in [-0.2, -0.15) is 0 Å². The van der Waals surface area contributed by atoms with Crippen molar-refractivity contribution in [3.05, 3.63) is 34.9 Å². The zero-order valence-corrected chi connectivity index (χ0v) is 11.9. The van der Waals surface area contributed by atoms with Gasteiger partial charge >= 0.3 is 0 Å². The first-order valence-electron chi connectivity index (χ1n) is 5.83. The Labute approximate surface area is 118 Å². The molecule has 0 saturated heterocycles. The van der Waals surface area contributed by atoms with Crippen molar-refractivity contribution in [1.29, 1.82) is 0 Å². The van der Waals surface area contributed by atoms with Crippen LogP contribution in [0.5, 0.6) is 0 Å². The Hall–Kier alpha value is -1.13. The van der Waals surface area contributed by atoms with Crippen molar-refractivity contribution < 1.29 is 4.79 Å². The summed E-state index contributed by atoms with van der Waals surface area (Å²) in [6.45, 7) is 3.03. The van der Waals surface area contributed by atoms with Crippen LogP contribution < -0.4 is 5.73 Å². The van der Waals surface area contributed by atoms with Crippen molar-refractivity contribution in [3.63, 3.8) is 0 Å². The summed E-state index contributed by atoms with van der Waals surface area (Å²) in [6, 6.07) is 7.26. The maximum Gasteiger partial charge on any atom is 0.227 e. The lowest BCUT2D eigenvalue weighted by Gasteiger charge is -2.21. The van der Waals surface area contributed by atoms with Gasteiger partial charge < -0.3 is 10.6 Å². The van der Waals surface area contributed by atoms with Gasteiger partial charge in [0.15, 0.2) is 0 Å². The normalized spacial score (nSPS) is 10.1. The second-order valence-corrected chi connectivity index (χ2v) is 5.05. The van der Waals surface area contributed by atoms with Gasteiger partial charge in [-0.1, -0.05) is 42.9 Å². The van der Waals surface area contributed by atoms with Crippen LogP contribution >= 0.6 is 23.8 Å². The predicted octanol–water partition coefficient (Wildman–Crippen LogP) is 2.41. The fourth-order valence-electron chi connectivity index (χ4n) is 1.64. The second-order valence-electron chi connectivity index (χ2n) is 4.08. The van der Waals surface area contributed by atoms with E-state index in [4.69, 9.17) is 29.6 Å². The molecule has 0 aliphatic rings. The van der Waals surface area contributed by atoms with Crippen molar-refractivity contribution in [2.24, 2.45) is 5.73 Å². The molecule has 0 unspecified atom stereocenters. The van der Waals surface area contributed by atoms with Crippen molar-refractivity contribution in [2.75, 3.05) is 13.1 Å². The number of carbonyl (C=O) groups is 1. The Morgan fingerprint density at radius 3 is 2.50 bits per heavy atom. The van der Waals surface area contributed by atoms with E-state index in [1.807, 2.05) is 19.1 Å². The average molecular weight is 285 g/mol. The highest BCUT2D eigenvalue weighted by Gasteiger charge is 2.13. The number of nitrogens with zero attached hydrogens (tertiary/aromatic N) is 1. The highest BCUT2D eigenvalue weighted by Crippen LogP contribution is 2.11. The summed E-state index contributed by atoms with van der Waals surface area (Å²) in [5.74, 6) is 0.0342. The van der Waals surface area contributed by atoms with Crippen LogP contribution in [0, 0.1) is 0 Å². The third-order valence-electron chi connectivity index (χ3n) is 2.46. The van der Waals surface area contributed by atoms with Crippen LogP contribution in [0.1, 0.15) is 18.9 Å². The quantitative estimate of drug-likeness (QED) is 0.816. The van der Waals surface area contributed by atoms with Crippen LogP contribution in [-0.2, 0) is 11.2 Å². The van der Waals surface area contributed by atoms with Gasteiger partial charge in [0, 0.05) is 11.6 Å². The lowest BCUT2D eigenvalue weighted by atomic mass is 10.1. The number of nitrogens with two attached hydrogens (primary N) is 1. The molecule has 0 aliphatic carbocycles. The van der Waals surface area contributed by atoms with Crippen LogP contribution in [0.3, 0.4) is 0 Å². The van der Waals surface area contributed by atoms with Gasteiger partial charge in [0.2, 0.25) is 5.91 Å². The highest BCUT2D eigenvalue weighted by atomic mass is 35.5. The van der Waals surface area contributed by atoms with E-state index in [1.165, 1.54) is 0 Å². The van der Waals surface area contributed by atoms with Crippen molar-refractivity contribution in [2.45, 2.75) is 19.8 Å². The molecule has 0 atom stereocenters. The smallest absolute Gasteiger partial charge is 0.227 e. The van der Waals surface area contributed by atoms with Gasteiger partial charge in [0.05, 0.1) is 18.0 Å². The second kappa shape index (κ2) is 7.34. The topological polar surface area (TPSA) is 46.3 Å². The van der Waals surface area contributed by atoms with E-state index in [0.717, 1.165) is 12.0 Å². The number of benzene rings is 1. The summed E-state index contributed by atoms with van der Waals surface area (Å²) in [5.41, 5.74) is 6.43. The Kier molecular flexibility index (Phi) is 6.09. The maximum absolute atomic E-state index is 12.1. The maximum atomic E-state index is 12.1. The number of amides is 1. The standard InChI is InChI=1S/C13H17ClN2OS/c1-2-7-16(9-12(15)18)13(17)8-10-3-5-11(14)6-4-10/h3-6H,2,7-9H2,1H3,(H2,15,18). The monoisotopic (exact) mass is 284 g/mol. The molecule has 0 aromatic heterocycles. The van der Waals surface area contributed by atoms with Gasteiger partial charge in [-0.05, 0) is 24.1 Å². The van der Waals surface area contributed by atoms with Crippen molar-refractivity contribution in [3.8, 4) is 0 Å². The van der Waals surface area contributed by atoms with E-state index in [-0.39, 0.29) is 5.91 Å². The minimum atomic E-state index is 0.0342. The first kappa shape index (κ1) is 14.9. The van der Waals surface area contributed by atoms with Crippen LogP contribution in [0.15, 0.2) is 24.3 Å². The summed E-state index contributed by atoms with van der Waals surface area (Å²) < 4.78 is 0. The van der Waals surface area contributed by atoms with Gasteiger partial charge in [0.25, 0.3) is 0 Å². The lowest BCUT2D eigenvalue weighted by Crippen LogP contribution is -2.39. The molecule has 0 spiro atoms. The van der Waals surface area contributed by atoms with E-state index in [0.29, 0.717) is 29.5 Å². The minimum absolute atomic E-state index is 0.0342. The third kappa shape index (κ3) is 5.02. The van der Waals surface area contributed by atoms with Crippen LogP contribution in [0.25, 0.3) is 0 Å². The molecule has 18 heavy (non-hydrogen) atoms. The molecule has 98 valence electrons. The number of carbonyl (C=O) groups excluding carboxylic acids is 1. The Balaban J connectivity index is 2.65. The predicted molar refractivity (Wildman–Crippen MR) is 78.8 cm³/mol. The molecule has 0 fully saturated rings. The zero-order chi connectivity index (χ0) is 13.5. The molecule has 1 amide bonds. The average Bonchev–Trinajstić information content (AvgIpc) is 2.31. The molecule has 1 rings (SSSR count). The van der Waals surface area contributed by atoms with E-state index >= 15 is 0 Å². The fourth-order valence-corrected chi connectivity index (χ4v) is 1.92. The molecular weight excluding hydrogens is 268 g/mol. The highest BCUT2D eigenvalue weighted by molar-refractivity contribution is 7.80. The molecule has 0 saturated carbocycles. The SMILES string of the molecule is CCCN(CC(N)=S)C(=O)Cc1ccc(Cl)cc1. The van der Waals surface area contributed by atoms with Gasteiger partial charge in [0.1, 0.15) is 0 Å². The van der Waals surface area contributed by atoms with Crippen molar-refractivity contribution in [1.82, 2.24) is 4.90 Å². The minimum Gasteiger partial charge on any atom is -0.392 e. The largest absolute Gasteiger partial charge is 0.392 e. The summed E-state index contributed by atoms with van der Waals surface area (Å²) in [6.07, 6.45) is 1.23. The third-order valence-corrected chi connectivity index (χ3v) is 2.84. The van der Waals surface area contributed by atoms with Crippen LogP contribution in [0.2, 0.25) is 5.02 Å². The van der Waals surface area contributed by atoms with Gasteiger partial charge in [-0.15, -0.1) is 0 Å². The van der Waals surface area contributed by atoms with E-state index in [2.05, 4.69) is 0 Å². The summed E-state index contributed by atoms with van der Waals surface area (Å²) in [5, 5.41) is 0.666. The Morgan fingerprint density at radius 2 is 2.00 bits per heavy atom. The molecule has 0 heterocycles. The van der Waals surface area contributed by atoms with Gasteiger partial charge in [-0.3, -0.25) is 4.79 Å². The van der Waals surface area contributed by atoms with E-state index in [9.17, 15) is 4.79 Å². The number of hydrogen-bond donors (Lipinski definition) is 1. The molecule has 0 bridgehead atoms. The molecule has 2 N–H and O–H groups in total. The molecule has 3 nitrogen and oxygen atoms in total. The van der Waals surface area contributed by atoms with Gasteiger partial charge in [-0.25, -0.2) is 0 Å². The molecule has 1 aromatic rings. The summed E-state index contributed by atoms with van der Waals surface area (Å²) >= 11 is 10.7. The number of hydrogen-bond acceptors (Lipinski definition) is 2. The zero-order valence-electron chi connectivity index (χ0n) is 10.4. The molecule has 0 radical (unpaired) electrons. The van der Waals surface area contributed by atoms with E-state index < -0.39 is 0 Å². The fraction of sp³-hybridized carbons (Fsp3) is 0.385. The van der Waals surface area contributed by atoms with Crippen LogP contribution in [-0.4, -0.2) is 28.9 Å². The van der Waals surface area contributed by atoms with E-state index in [1.54, 1.807) is 17.0 Å². The van der Waals surface area contributed by atoms with Crippen LogP contribution in [0.4, 0.5) is 0 Å². The molecular formula is C13H17ClN2OS. The Morgan fingerprint density at radius 1 is 1.39 bits per heavy atom. The summed E-state index contributed by atoms with van der Waals surface area (Å²) in [4.78, 5) is 14.1. The number of thiocarbonyl (C=S) groups is 1. The first-order chi connectivity index (χ1) is 8.52. The summed E-state index contributed by atoms with van der Waals surface area (Å²) in [7, 11) is 0. The molecule has 5 heteroatoms.